The van der Waals surface area contributed by atoms with Gasteiger partial charge in [-0.05, 0) is 71.8 Å². The molecule has 0 saturated carbocycles. The van der Waals surface area contributed by atoms with E-state index in [1.165, 1.54) is 10.8 Å². The van der Waals surface area contributed by atoms with Gasteiger partial charge in [0.2, 0.25) is 0 Å². The van der Waals surface area contributed by atoms with Crippen molar-refractivity contribution in [3.8, 4) is 51.0 Å². The average Bonchev–Trinajstić information content (AvgIpc) is 3.96. The van der Waals surface area contributed by atoms with Crippen molar-refractivity contribution in [3.63, 3.8) is 0 Å². The Bertz CT molecular complexity index is 3410. The zero-order valence-corrected chi connectivity index (χ0v) is 30.4. The van der Waals surface area contributed by atoms with E-state index in [0.717, 1.165) is 88.4 Å². The molecular weight excluding hydrogens is 701 g/mol. The number of hydrogen-bond donors (Lipinski definition) is 0. The summed E-state index contributed by atoms with van der Waals surface area (Å²) < 4.78 is 15.5. The molecule has 0 amide bonds. The largest absolute Gasteiger partial charge is 0.456 e. The topological polar surface area (TPSA) is 69.9 Å². The number of para-hydroxylation sites is 2. The molecule has 0 unspecified atom stereocenters. The number of nitrogens with zero attached hydrogens (tertiary/aromatic N) is 4. The molecule has 0 aliphatic heterocycles. The van der Waals surface area contributed by atoms with Gasteiger partial charge in [0.05, 0.1) is 22.1 Å². The monoisotopic (exact) mass is 730 g/mol. The number of aromatic nitrogens is 4. The molecule has 266 valence electrons. The zero-order chi connectivity index (χ0) is 37.5. The summed E-state index contributed by atoms with van der Waals surface area (Å²) in [6.45, 7) is 0. The molecule has 0 bridgehead atoms. The molecule has 57 heavy (non-hydrogen) atoms. The third-order valence-electron chi connectivity index (χ3n) is 11.1. The Morgan fingerprint density at radius 2 is 0.895 bits per heavy atom. The van der Waals surface area contributed by atoms with E-state index in [9.17, 15) is 0 Å². The minimum atomic E-state index is 0.605. The molecule has 12 aromatic rings. The van der Waals surface area contributed by atoms with Crippen LogP contribution in [0.2, 0.25) is 0 Å². The average molecular weight is 731 g/mol. The highest BCUT2D eigenvalue weighted by molar-refractivity contribution is 6.18. The first kappa shape index (κ1) is 31.5. The number of fused-ring (bicyclic) bond motifs is 9. The summed E-state index contributed by atoms with van der Waals surface area (Å²) in [7, 11) is 0. The highest BCUT2D eigenvalue weighted by Crippen LogP contribution is 2.43. The van der Waals surface area contributed by atoms with Crippen LogP contribution in [0.25, 0.3) is 117 Å². The number of benzene rings is 8. The second kappa shape index (κ2) is 12.3. The van der Waals surface area contributed by atoms with Crippen molar-refractivity contribution in [2.45, 2.75) is 0 Å². The van der Waals surface area contributed by atoms with E-state index in [-0.39, 0.29) is 0 Å². The third kappa shape index (κ3) is 4.94. The minimum Gasteiger partial charge on any atom is -0.456 e. The molecule has 0 fully saturated rings. The molecule has 12 rings (SSSR count). The quantitative estimate of drug-likeness (QED) is 0.176. The first-order valence-electron chi connectivity index (χ1n) is 19.0. The maximum atomic E-state index is 6.59. The Balaban J connectivity index is 1.02. The van der Waals surface area contributed by atoms with E-state index in [2.05, 4.69) is 114 Å². The lowest BCUT2D eigenvalue weighted by atomic mass is 9.97. The summed E-state index contributed by atoms with van der Waals surface area (Å²) in [5, 5.41) is 6.61. The molecule has 6 nitrogen and oxygen atoms in total. The van der Waals surface area contributed by atoms with Crippen LogP contribution in [0.15, 0.2) is 191 Å². The lowest BCUT2D eigenvalue weighted by Crippen LogP contribution is -2.00. The van der Waals surface area contributed by atoms with Gasteiger partial charge in [0.15, 0.2) is 17.5 Å². The van der Waals surface area contributed by atoms with Gasteiger partial charge in [-0.3, -0.25) is 0 Å². The molecule has 0 aliphatic rings. The molecule has 4 heterocycles. The van der Waals surface area contributed by atoms with E-state index < -0.39 is 0 Å². The van der Waals surface area contributed by atoms with Crippen molar-refractivity contribution in [2.75, 3.05) is 0 Å². The molecule has 0 saturated heterocycles. The van der Waals surface area contributed by atoms with Gasteiger partial charge in [-0.2, -0.15) is 0 Å². The van der Waals surface area contributed by atoms with Gasteiger partial charge in [0.1, 0.15) is 22.3 Å². The molecule has 4 aromatic heterocycles. The van der Waals surface area contributed by atoms with E-state index in [4.69, 9.17) is 23.8 Å². The Labute approximate surface area is 325 Å². The Hall–Kier alpha value is -7.83. The normalized spacial score (nSPS) is 11.9. The van der Waals surface area contributed by atoms with Gasteiger partial charge < -0.3 is 13.4 Å². The Kier molecular flexibility index (Phi) is 6.83. The van der Waals surface area contributed by atoms with Gasteiger partial charge in [0, 0.05) is 43.6 Å². The van der Waals surface area contributed by atoms with E-state index in [1.807, 2.05) is 72.8 Å². The van der Waals surface area contributed by atoms with E-state index in [0.29, 0.717) is 17.5 Å². The summed E-state index contributed by atoms with van der Waals surface area (Å²) in [6.07, 6.45) is 0. The van der Waals surface area contributed by atoms with Crippen molar-refractivity contribution >= 4 is 65.7 Å². The van der Waals surface area contributed by atoms with Crippen molar-refractivity contribution in [1.29, 1.82) is 0 Å². The van der Waals surface area contributed by atoms with Gasteiger partial charge >= 0.3 is 0 Å². The fraction of sp³-hybridized carbons (Fsp3) is 0. The third-order valence-corrected chi connectivity index (χ3v) is 11.1. The molecule has 0 atom stereocenters. The number of furan rings is 2. The highest BCUT2D eigenvalue weighted by atomic mass is 16.3. The number of hydrogen-bond acceptors (Lipinski definition) is 5. The highest BCUT2D eigenvalue weighted by Gasteiger charge is 2.21. The molecular formula is C51H30N4O2. The van der Waals surface area contributed by atoms with Gasteiger partial charge in [-0.15, -0.1) is 0 Å². The van der Waals surface area contributed by atoms with Crippen molar-refractivity contribution in [2.24, 2.45) is 0 Å². The second-order valence-corrected chi connectivity index (χ2v) is 14.4. The maximum absolute atomic E-state index is 6.59. The summed E-state index contributed by atoms with van der Waals surface area (Å²) in [4.78, 5) is 14.8. The van der Waals surface area contributed by atoms with Crippen molar-refractivity contribution in [3.05, 3.63) is 182 Å². The predicted octanol–water partition coefficient (Wildman–Crippen LogP) is 13.4. The van der Waals surface area contributed by atoms with Crippen LogP contribution in [-0.4, -0.2) is 19.5 Å². The Morgan fingerprint density at radius 1 is 0.333 bits per heavy atom. The van der Waals surface area contributed by atoms with Crippen LogP contribution in [0, 0.1) is 0 Å². The summed E-state index contributed by atoms with van der Waals surface area (Å²) in [6, 6.07) is 62.6. The minimum absolute atomic E-state index is 0.605. The van der Waals surface area contributed by atoms with Crippen molar-refractivity contribution in [1.82, 2.24) is 19.5 Å². The van der Waals surface area contributed by atoms with Gasteiger partial charge in [0.25, 0.3) is 0 Å². The van der Waals surface area contributed by atoms with Crippen LogP contribution in [0.1, 0.15) is 0 Å². The molecule has 0 spiro atoms. The standard InChI is InChI=1S/C51H30N4O2/c1-3-13-31(14-4-1)49-52-50(32-15-5-2-6-16-32)54-51(53-49)34-26-28-43-39(29-34)38-27-25-33(30-46(38)56-43)35-19-11-23-44-47(35)48-42(22-12-24-45(48)57-44)55-40-20-9-7-17-36(40)37-18-8-10-21-41(37)55/h1-30H. The molecule has 8 aromatic carbocycles. The van der Waals surface area contributed by atoms with Crippen LogP contribution >= 0.6 is 0 Å². The first-order valence-corrected chi connectivity index (χ1v) is 19.0. The van der Waals surface area contributed by atoms with Crippen LogP contribution in [0.3, 0.4) is 0 Å². The van der Waals surface area contributed by atoms with Crippen LogP contribution in [0.5, 0.6) is 0 Å². The first-order chi connectivity index (χ1) is 28.2. The maximum Gasteiger partial charge on any atom is 0.164 e. The fourth-order valence-corrected chi connectivity index (χ4v) is 8.48. The SMILES string of the molecule is c1ccc(-c2nc(-c3ccccc3)nc(-c3ccc4oc5cc(-c6cccc7oc8cccc(-n9c%10ccccc%10c%10ccccc%109)c8c67)ccc5c4c3)n2)cc1. The van der Waals surface area contributed by atoms with Crippen LogP contribution in [0.4, 0.5) is 0 Å². The molecule has 0 radical (unpaired) electrons. The lowest BCUT2D eigenvalue weighted by molar-refractivity contribution is 0.668. The smallest absolute Gasteiger partial charge is 0.164 e. The summed E-state index contributed by atoms with van der Waals surface area (Å²) in [5.74, 6) is 1.86. The van der Waals surface area contributed by atoms with Crippen molar-refractivity contribution < 1.29 is 8.83 Å². The lowest BCUT2D eigenvalue weighted by Gasteiger charge is -2.11. The fourth-order valence-electron chi connectivity index (χ4n) is 8.48. The Morgan fingerprint density at radius 3 is 1.58 bits per heavy atom. The predicted molar refractivity (Wildman–Crippen MR) is 230 cm³/mol. The summed E-state index contributed by atoms with van der Waals surface area (Å²) >= 11 is 0. The van der Waals surface area contributed by atoms with Gasteiger partial charge in [-0.25, -0.2) is 15.0 Å². The van der Waals surface area contributed by atoms with Gasteiger partial charge in [-0.1, -0.05) is 121 Å². The van der Waals surface area contributed by atoms with Crippen LogP contribution in [-0.2, 0) is 0 Å². The second-order valence-electron chi connectivity index (χ2n) is 14.4. The van der Waals surface area contributed by atoms with E-state index in [1.54, 1.807) is 0 Å². The van der Waals surface area contributed by atoms with E-state index >= 15 is 0 Å². The molecule has 0 aliphatic carbocycles. The summed E-state index contributed by atoms with van der Waals surface area (Å²) in [5.41, 5.74) is 11.6. The molecule has 0 N–H and O–H groups in total. The zero-order valence-electron chi connectivity index (χ0n) is 30.4. The molecule has 6 heteroatoms. The number of rotatable bonds is 5. The van der Waals surface area contributed by atoms with Crippen LogP contribution < -0.4 is 0 Å².